The molecule has 0 aromatic heterocycles. The van der Waals surface area contributed by atoms with E-state index < -0.39 is 5.41 Å². The van der Waals surface area contributed by atoms with Crippen molar-refractivity contribution in [1.29, 1.82) is 0 Å². The summed E-state index contributed by atoms with van der Waals surface area (Å²) in [6.07, 6.45) is 0. The van der Waals surface area contributed by atoms with Crippen LogP contribution in [0.3, 0.4) is 0 Å². The Balaban J connectivity index is 1.16. The van der Waals surface area contributed by atoms with E-state index in [-0.39, 0.29) is 0 Å². The van der Waals surface area contributed by atoms with Crippen molar-refractivity contribution in [1.82, 2.24) is 0 Å². The molecule has 13 aromatic rings. The summed E-state index contributed by atoms with van der Waals surface area (Å²) in [4.78, 5) is 2.57. The lowest BCUT2D eigenvalue weighted by Crippen LogP contribution is -2.28. The third-order valence-corrected chi connectivity index (χ3v) is 14.6. The number of hydrogen-bond acceptors (Lipinski definition) is 1. The molecule has 0 saturated heterocycles. The molecule has 0 atom stereocenters. The summed E-state index contributed by atoms with van der Waals surface area (Å²) >= 11 is 0. The number of benzene rings is 12. The highest BCUT2D eigenvalue weighted by Gasteiger charge is 2.47. The Labute approximate surface area is 383 Å². The summed E-state index contributed by atoms with van der Waals surface area (Å²) in [5.41, 5.74) is 12.7. The monoisotopic (exact) mass is 835 g/mol. The van der Waals surface area contributed by atoms with Gasteiger partial charge in [-0.1, -0.05) is 224 Å². The summed E-state index contributed by atoms with van der Waals surface area (Å²) in [5.74, 6) is 0. The maximum Gasteiger partial charge on any atom is 0.0714 e. The second kappa shape index (κ2) is 14.2. The van der Waals surface area contributed by atoms with Crippen molar-refractivity contribution in [2.75, 3.05) is 4.90 Å². The van der Waals surface area contributed by atoms with Crippen molar-refractivity contribution < 1.29 is 0 Å². The molecule has 0 radical (unpaired) electrons. The molecule has 13 aromatic carbocycles. The van der Waals surface area contributed by atoms with Crippen LogP contribution in [0.15, 0.2) is 249 Å². The number of anilines is 3. The van der Waals surface area contributed by atoms with Crippen molar-refractivity contribution in [2.45, 2.75) is 5.41 Å². The molecule has 1 aliphatic rings. The molecule has 0 heterocycles. The zero-order valence-electron chi connectivity index (χ0n) is 36.1. The van der Waals surface area contributed by atoms with Crippen LogP contribution in [0.2, 0.25) is 0 Å². The summed E-state index contributed by atoms with van der Waals surface area (Å²) < 4.78 is 0. The van der Waals surface area contributed by atoms with Crippen LogP contribution in [-0.4, -0.2) is 0 Å². The number of fused-ring (bicyclic) bond motifs is 5. The standard InChI is InChI=1S/C65H41N/c1-4-18-42(19-5-1)50-27-11-13-34-58(50)66(59-35-17-33-57-64(59)54-28-10-12-32-56(54)65(57,47-23-6-2-7-24-47)48-25-8-3-9-26-48)49-40-46-39-38-45-21-15-30-52-51-29-14-20-43-36-37-44-22-16-31-53(62(44)60(43)51)55(41-49)63(46)61(45)52/h1-41H. The minimum atomic E-state index is -0.544. The molecule has 66 heavy (non-hydrogen) atoms. The van der Waals surface area contributed by atoms with Crippen LogP contribution >= 0.6 is 0 Å². The number of hydrogen-bond donors (Lipinski definition) is 0. The molecule has 306 valence electrons. The Morgan fingerprint density at radius 2 is 0.742 bits per heavy atom. The van der Waals surface area contributed by atoms with Gasteiger partial charge in [0.1, 0.15) is 0 Å². The van der Waals surface area contributed by atoms with Crippen LogP contribution in [-0.2, 0) is 5.41 Å². The van der Waals surface area contributed by atoms with E-state index in [1.807, 2.05) is 0 Å². The molecule has 0 N–H and O–H groups in total. The molecule has 0 saturated carbocycles. The molecule has 1 aliphatic carbocycles. The van der Waals surface area contributed by atoms with E-state index in [1.165, 1.54) is 109 Å². The highest BCUT2D eigenvalue weighted by Crippen LogP contribution is 2.60. The van der Waals surface area contributed by atoms with E-state index in [4.69, 9.17) is 0 Å². The van der Waals surface area contributed by atoms with Crippen LogP contribution in [0.1, 0.15) is 22.3 Å². The van der Waals surface area contributed by atoms with Gasteiger partial charge in [-0.15, -0.1) is 0 Å². The minimum absolute atomic E-state index is 0.544. The van der Waals surface area contributed by atoms with Crippen LogP contribution in [0, 0.1) is 0 Å². The second-order valence-electron chi connectivity index (χ2n) is 17.9. The highest BCUT2D eigenvalue weighted by molar-refractivity contribution is 6.37. The fourth-order valence-corrected chi connectivity index (χ4v) is 12.0. The molecular formula is C65H41N. The van der Waals surface area contributed by atoms with Crippen molar-refractivity contribution in [3.8, 4) is 22.3 Å². The number of nitrogens with zero attached hydrogens (tertiary/aromatic N) is 1. The zero-order chi connectivity index (χ0) is 43.3. The lowest BCUT2D eigenvalue weighted by molar-refractivity contribution is 0.768. The van der Waals surface area contributed by atoms with E-state index in [2.05, 4.69) is 254 Å². The third kappa shape index (κ3) is 5.11. The quantitative estimate of drug-likeness (QED) is 0.151. The normalized spacial score (nSPS) is 13.0. The minimum Gasteiger partial charge on any atom is -0.309 e. The molecule has 0 fully saturated rings. The van der Waals surface area contributed by atoms with E-state index in [9.17, 15) is 0 Å². The Bertz CT molecular complexity index is 3990. The van der Waals surface area contributed by atoms with Crippen molar-refractivity contribution in [3.05, 3.63) is 271 Å². The van der Waals surface area contributed by atoms with Gasteiger partial charge in [-0.25, -0.2) is 0 Å². The molecule has 0 amide bonds. The van der Waals surface area contributed by atoms with E-state index in [0.717, 1.165) is 17.1 Å². The average Bonchev–Trinajstić information content (AvgIpc) is 3.70. The van der Waals surface area contributed by atoms with Gasteiger partial charge in [0, 0.05) is 16.8 Å². The molecule has 0 unspecified atom stereocenters. The fraction of sp³-hybridized carbons (Fsp3) is 0.0154. The first-order valence-corrected chi connectivity index (χ1v) is 23.0. The average molecular weight is 836 g/mol. The van der Waals surface area contributed by atoms with Gasteiger partial charge in [-0.2, -0.15) is 0 Å². The van der Waals surface area contributed by atoms with Crippen molar-refractivity contribution in [3.63, 3.8) is 0 Å². The Hall–Kier alpha value is -8.52. The topological polar surface area (TPSA) is 3.24 Å². The van der Waals surface area contributed by atoms with Crippen molar-refractivity contribution in [2.24, 2.45) is 0 Å². The summed E-state index contributed by atoms with van der Waals surface area (Å²) in [7, 11) is 0. The number of rotatable bonds is 6. The van der Waals surface area contributed by atoms with Crippen LogP contribution in [0.4, 0.5) is 17.1 Å². The Kier molecular flexibility index (Phi) is 7.97. The summed E-state index contributed by atoms with van der Waals surface area (Å²) in [5, 5.41) is 15.2. The fourth-order valence-electron chi connectivity index (χ4n) is 12.0. The van der Waals surface area contributed by atoms with Gasteiger partial charge in [-0.3, -0.25) is 0 Å². The molecule has 1 nitrogen and oxygen atoms in total. The molecule has 14 rings (SSSR count). The first kappa shape index (κ1) is 36.9. The van der Waals surface area contributed by atoms with Gasteiger partial charge < -0.3 is 4.90 Å². The molecule has 0 aliphatic heterocycles. The van der Waals surface area contributed by atoms with Crippen molar-refractivity contribution >= 4 is 81.7 Å². The van der Waals surface area contributed by atoms with Gasteiger partial charge in [-0.05, 0) is 122 Å². The number of para-hydroxylation sites is 1. The first-order chi connectivity index (χ1) is 32.8. The molecular weight excluding hydrogens is 795 g/mol. The highest BCUT2D eigenvalue weighted by atomic mass is 15.1. The van der Waals surface area contributed by atoms with Gasteiger partial charge in [0.15, 0.2) is 0 Å². The largest absolute Gasteiger partial charge is 0.309 e. The summed E-state index contributed by atoms with van der Waals surface area (Å²) in [6.45, 7) is 0. The van der Waals surface area contributed by atoms with Gasteiger partial charge in [0.2, 0.25) is 0 Å². The SMILES string of the molecule is c1ccc(-c2ccccc2N(c2cc3ccc4cccc5c6cccc7ccc8cccc(c(c2)c3c45)c8c76)c2cccc3c2-c2ccccc2C3(c2ccccc2)c2ccccc2)cc1. The molecule has 0 spiro atoms. The third-order valence-electron chi connectivity index (χ3n) is 14.6. The molecule has 0 bridgehead atoms. The first-order valence-electron chi connectivity index (χ1n) is 23.0. The lowest BCUT2D eigenvalue weighted by atomic mass is 9.68. The molecule has 1 heteroatoms. The van der Waals surface area contributed by atoms with Gasteiger partial charge >= 0.3 is 0 Å². The maximum absolute atomic E-state index is 2.57. The zero-order valence-corrected chi connectivity index (χ0v) is 36.1. The maximum atomic E-state index is 2.57. The van der Waals surface area contributed by atoms with Crippen LogP contribution < -0.4 is 4.90 Å². The van der Waals surface area contributed by atoms with E-state index in [0.29, 0.717) is 0 Å². The lowest BCUT2D eigenvalue weighted by Gasteiger charge is -2.34. The van der Waals surface area contributed by atoms with E-state index in [1.54, 1.807) is 0 Å². The predicted molar refractivity (Wildman–Crippen MR) is 280 cm³/mol. The summed E-state index contributed by atoms with van der Waals surface area (Å²) in [6, 6.07) is 93.0. The second-order valence-corrected chi connectivity index (χ2v) is 17.9. The van der Waals surface area contributed by atoms with Crippen LogP contribution in [0.5, 0.6) is 0 Å². The van der Waals surface area contributed by atoms with Gasteiger partial charge in [0.05, 0.1) is 16.8 Å². The smallest absolute Gasteiger partial charge is 0.0714 e. The van der Waals surface area contributed by atoms with Crippen LogP contribution in [0.25, 0.3) is 86.9 Å². The Morgan fingerprint density at radius 1 is 0.288 bits per heavy atom. The van der Waals surface area contributed by atoms with E-state index >= 15 is 0 Å². The Morgan fingerprint density at radius 3 is 1.36 bits per heavy atom. The predicted octanol–water partition coefficient (Wildman–Crippen LogP) is 17.5. The van der Waals surface area contributed by atoms with Gasteiger partial charge in [0.25, 0.3) is 0 Å².